The van der Waals surface area contributed by atoms with Crippen LogP contribution in [0.4, 0.5) is 5.69 Å². The summed E-state index contributed by atoms with van der Waals surface area (Å²) in [6, 6.07) is 2.56. The first-order valence-corrected chi connectivity index (χ1v) is 8.20. The number of ether oxygens (including phenoxy) is 1. The number of morpholine rings is 1. The number of nitrogens with zero attached hydrogens (tertiary/aromatic N) is 5. The maximum Gasteiger partial charge on any atom is 0.178 e. The third-order valence-corrected chi connectivity index (χ3v) is 4.88. The fourth-order valence-corrected chi connectivity index (χ4v) is 3.64. The summed E-state index contributed by atoms with van der Waals surface area (Å²) in [5.41, 5.74) is 2.46. The summed E-state index contributed by atoms with van der Waals surface area (Å²) >= 11 is 0. The van der Waals surface area contributed by atoms with E-state index in [1.807, 2.05) is 6.07 Å². The SMILES string of the molecule is O=Cc1cc(N2CCC(N3CCOCC3)CC2)c2ncnn2c1. The molecule has 4 heterocycles. The zero-order valence-corrected chi connectivity index (χ0v) is 13.1. The predicted molar refractivity (Wildman–Crippen MR) is 86.0 cm³/mol. The molecule has 122 valence electrons. The molecule has 0 atom stereocenters. The van der Waals surface area contributed by atoms with Gasteiger partial charge in [0.25, 0.3) is 0 Å². The highest BCUT2D eigenvalue weighted by atomic mass is 16.5. The van der Waals surface area contributed by atoms with Gasteiger partial charge in [0.1, 0.15) is 6.33 Å². The van der Waals surface area contributed by atoms with E-state index in [0.29, 0.717) is 11.6 Å². The second kappa shape index (κ2) is 6.25. The highest BCUT2D eigenvalue weighted by Crippen LogP contribution is 2.26. The molecule has 0 N–H and O–H groups in total. The van der Waals surface area contributed by atoms with E-state index in [0.717, 1.165) is 69.9 Å². The van der Waals surface area contributed by atoms with Gasteiger partial charge in [-0.05, 0) is 18.9 Å². The molecule has 2 saturated heterocycles. The largest absolute Gasteiger partial charge is 0.379 e. The number of carbonyl (C=O) groups is 1. The van der Waals surface area contributed by atoms with Crippen LogP contribution in [-0.4, -0.2) is 71.2 Å². The van der Waals surface area contributed by atoms with E-state index >= 15 is 0 Å². The Hall–Kier alpha value is -1.99. The Balaban J connectivity index is 1.51. The topological polar surface area (TPSA) is 63.0 Å². The Morgan fingerprint density at radius 2 is 1.96 bits per heavy atom. The third-order valence-electron chi connectivity index (χ3n) is 4.88. The maximum atomic E-state index is 11.2. The van der Waals surface area contributed by atoms with Crippen LogP contribution < -0.4 is 4.90 Å². The molecule has 2 aromatic heterocycles. The first kappa shape index (κ1) is 14.6. The molecule has 0 spiro atoms. The molecule has 0 radical (unpaired) electrons. The Labute approximate surface area is 134 Å². The van der Waals surface area contributed by atoms with E-state index in [2.05, 4.69) is 19.9 Å². The van der Waals surface area contributed by atoms with Gasteiger partial charge in [-0.15, -0.1) is 0 Å². The monoisotopic (exact) mass is 315 g/mol. The molecule has 0 aromatic carbocycles. The molecule has 0 bridgehead atoms. The summed E-state index contributed by atoms with van der Waals surface area (Å²) in [5, 5.41) is 4.17. The zero-order valence-electron chi connectivity index (χ0n) is 13.1. The lowest BCUT2D eigenvalue weighted by Crippen LogP contribution is -2.49. The summed E-state index contributed by atoms with van der Waals surface area (Å²) in [4.78, 5) is 20.4. The Morgan fingerprint density at radius 3 is 2.70 bits per heavy atom. The maximum absolute atomic E-state index is 11.2. The number of aromatic nitrogens is 3. The van der Waals surface area contributed by atoms with E-state index in [9.17, 15) is 4.79 Å². The average Bonchev–Trinajstić information content (AvgIpc) is 3.10. The van der Waals surface area contributed by atoms with Crippen molar-refractivity contribution in [3.8, 4) is 0 Å². The van der Waals surface area contributed by atoms with Gasteiger partial charge in [0.15, 0.2) is 11.9 Å². The molecule has 0 unspecified atom stereocenters. The van der Waals surface area contributed by atoms with Gasteiger partial charge < -0.3 is 9.64 Å². The minimum absolute atomic E-state index is 0.633. The van der Waals surface area contributed by atoms with Crippen LogP contribution in [0.1, 0.15) is 23.2 Å². The fraction of sp³-hybridized carbons (Fsp3) is 0.562. The van der Waals surface area contributed by atoms with Crippen LogP contribution in [0, 0.1) is 0 Å². The standard InChI is InChI=1S/C16H21N5O2/c22-11-13-9-15(16-17-12-18-21(16)10-13)20-3-1-14(2-4-20)19-5-7-23-8-6-19/h9-12,14H,1-8H2. The van der Waals surface area contributed by atoms with Gasteiger partial charge in [-0.1, -0.05) is 0 Å². The lowest BCUT2D eigenvalue weighted by Gasteiger charge is -2.40. The van der Waals surface area contributed by atoms with Crippen molar-refractivity contribution in [1.82, 2.24) is 19.5 Å². The molecule has 2 aromatic rings. The molecule has 2 aliphatic heterocycles. The van der Waals surface area contributed by atoms with Gasteiger partial charge in [-0.25, -0.2) is 9.50 Å². The Bertz CT molecular complexity index is 687. The molecule has 4 rings (SSSR count). The number of carbonyl (C=O) groups excluding carboxylic acids is 1. The van der Waals surface area contributed by atoms with Crippen molar-refractivity contribution in [1.29, 1.82) is 0 Å². The fourth-order valence-electron chi connectivity index (χ4n) is 3.64. The Morgan fingerprint density at radius 1 is 1.17 bits per heavy atom. The smallest absolute Gasteiger partial charge is 0.178 e. The van der Waals surface area contributed by atoms with E-state index < -0.39 is 0 Å². The van der Waals surface area contributed by atoms with Crippen LogP contribution >= 0.6 is 0 Å². The molecule has 0 aliphatic carbocycles. The number of fused-ring (bicyclic) bond motifs is 1. The van der Waals surface area contributed by atoms with E-state index in [1.165, 1.54) is 6.33 Å². The number of hydrogen-bond donors (Lipinski definition) is 0. The quantitative estimate of drug-likeness (QED) is 0.782. The minimum atomic E-state index is 0.633. The van der Waals surface area contributed by atoms with E-state index in [1.54, 1.807) is 10.7 Å². The van der Waals surface area contributed by atoms with Crippen molar-refractivity contribution < 1.29 is 9.53 Å². The first-order chi connectivity index (χ1) is 11.3. The van der Waals surface area contributed by atoms with Crippen molar-refractivity contribution in [3.05, 3.63) is 24.2 Å². The second-order valence-electron chi connectivity index (χ2n) is 6.17. The van der Waals surface area contributed by atoms with Crippen LogP contribution in [0.2, 0.25) is 0 Å². The summed E-state index contributed by atoms with van der Waals surface area (Å²) in [6.07, 6.45) is 6.38. The summed E-state index contributed by atoms with van der Waals surface area (Å²) in [7, 11) is 0. The average molecular weight is 315 g/mol. The number of rotatable bonds is 3. The molecule has 23 heavy (non-hydrogen) atoms. The lowest BCUT2D eigenvalue weighted by atomic mass is 10.0. The molecular weight excluding hydrogens is 294 g/mol. The highest BCUT2D eigenvalue weighted by Gasteiger charge is 2.27. The van der Waals surface area contributed by atoms with Crippen molar-refractivity contribution in [2.45, 2.75) is 18.9 Å². The number of anilines is 1. The number of pyridine rings is 1. The predicted octanol–water partition coefficient (Wildman–Crippen LogP) is 0.843. The van der Waals surface area contributed by atoms with Crippen LogP contribution in [0.25, 0.3) is 5.65 Å². The molecule has 7 nitrogen and oxygen atoms in total. The first-order valence-electron chi connectivity index (χ1n) is 8.20. The molecule has 0 saturated carbocycles. The molecular formula is C16H21N5O2. The highest BCUT2D eigenvalue weighted by molar-refractivity contribution is 5.81. The van der Waals surface area contributed by atoms with Crippen LogP contribution in [0.5, 0.6) is 0 Å². The molecule has 2 aliphatic rings. The number of piperidine rings is 1. The van der Waals surface area contributed by atoms with Crippen molar-refractivity contribution in [3.63, 3.8) is 0 Å². The normalized spacial score (nSPS) is 21.0. The third kappa shape index (κ3) is 2.82. The molecule has 7 heteroatoms. The van der Waals surface area contributed by atoms with Gasteiger partial charge in [-0.2, -0.15) is 5.10 Å². The van der Waals surface area contributed by atoms with Crippen molar-refractivity contribution >= 4 is 17.6 Å². The summed E-state index contributed by atoms with van der Waals surface area (Å²) < 4.78 is 7.13. The summed E-state index contributed by atoms with van der Waals surface area (Å²) in [6.45, 7) is 5.74. The van der Waals surface area contributed by atoms with E-state index in [-0.39, 0.29) is 0 Å². The van der Waals surface area contributed by atoms with Crippen LogP contribution in [0.3, 0.4) is 0 Å². The van der Waals surface area contributed by atoms with Crippen LogP contribution in [-0.2, 0) is 4.74 Å². The number of hydrogen-bond acceptors (Lipinski definition) is 6. The van der Waals surface area contributed by atoms with Crippen LogP contribution in [0.15, 0.2) is 18.6 Å². The molecule has 0 amide bonds. The van der Waals surface area contributed by atoms with Gasteiger partial charge >= 0.3 is 0 Å². The Kier molecular flexibility index (Phi) is 3.97. The van der Waals surface area contributed by atoms with Crippen molar-refractivity contribution in [2.24, 2.45) is 0 Å². The van der Waals surface area contributed by atoms with Gasteiger partial charge in [-0.3, -0.25) is 9.69 Å². The van der Waals surface area contributed by atoms with Gasteiger partial charge in [0.2, 0.25) is 0 Å². The zero-order chi connectivity index (χ0) is 15.6. The molecule has 2 fully saturated rings. The van der Waals surface area contributed by atoms with Gasteiger partial charge in [0.05, 0.1) is 18.9 Å². The van der Waals surface area contributed by atoms with Gasteiger partial charge in [0, 0.05) is 44.0 Å². The number of aldehydes is 1. The minimum Gasteiger partial charge on any atom is -0.379 e. The second-order valence-corrected chi connectivity index (χ2v) is 6.17. The lowest BCUT2D eigenvalue weighted by molar-refractivity contribution is 0.0115. The van der Waals surface area contributed by atoms with E-state index in [4.69, 9.17) is 4.74 Å². The van der Waals surface area contributed by atoms with Crippen molar-refractivity contribution in [2.75, 3.05) is 44.3 Å². The summed E-state index contributed by atoms with van der Waals surface area (Å²) in [5.74, 6) is 0.